The van der Waals surface area contributed by atoms with Crippen molar-refractivity contribution in [1.29, 1.82) is 0 Å². The maximum Gasteiger partial charge on any atom is 0.262 e. The third-order valence-corrected chi connectivity index (χ3v) is 4.02. The van der Waals surface area contributed by atoms with Gasteiger partial charge in [0.05, 0.1) is 5.75 Å². The molecule has 6 heteroatoms. The molecule has 0 saturated carbocycles. The van der Waals surface area contributed by atoms with Crippen molar-refractivity contribution in [3.05, 3.63) is 46.3 Å². The first-order valence-electron chi connectivity index (χ1n) is 6.49. The maximum atomic E-state index is 13.7. The van der Waals surface area contributed by atoms with Crippen LogP contribution in [0.4, 0.5) is 4.39 Å². The van der Waals surface area contributed by atoms with Gasteiger partial charge in [0.15, 0.2) is 0 Å². The van der Waals surface area contributed by atoms with Crippen LogP contribution in [-0.2, 0) is 5.75 Å². The molecule has 4 nitrogen and oxygen atoms in total. The highest BCUT2D eigenvalue weighted by Gasteiger charge is 2.17. The summed E-state index contributed by atoms with van der Waals surface area (Å²) in [5, 5.41) is 9.97. The molecule has 1 aromatic heterocycles. The summed E-state index contributed by atoms with van der Waals surface area (Å²) < 4.78 is 13.8. The fourth-order valence-electron chi connectivity index (χ4n) is 1.77. The van der Waals surface area contributed by atoms with Gasteiger partial charge in [-0.3, -0.25) is 4.79 Å². The number of aromatic amines is 1. The Bertz CT molecular complexity index is 708. The highest BCUT2D eigenvalue weighted by Crippen LogP contribution is 2.28. The summed E-state index contributed by atoms with van der Waals surface area (Å²) in [5.74, 6) is -0.188. The van der Waals surface area contributed by atoms with Gasteiger partial charge in [-0.1, -0.05) is 39.0 Å². The van der Waals surface area contributed by atoms with Gasteiger partial charge in [0, 0.05) is 10.3 Å². The van der Waals surface area contributed by atoms with E-state index in [0.29, 0.717) is 11.6 Å². The summed E-state index contributed by atoms with van der Waals surface area (Å²) in [4.78, 5) is 18.7. The monoisotopic (exact) mass is 308 g/mol. The van der Waals surface area contributed by atoms with E-state index in [9.17, 15) is 14.3 Å². The molecule has 0 radical (unpaired) electrons. The topological polar surface area (TPSA) is 66.0 Å². The van der Waals surface area contributed by atoms with Gasteiger partial charge in [-0.05, 0) is 6.07 Å². The molecule has 2 rings (SSSR count). The van der Waals surface area contributed by atoms with Crippen LogP contribution in [-0.4, -0.2) is 19.8 Å². The molecule has 21 heavy (non-hydrogen) atoms. The summed E-state index contributed by atoms with van der Waals surface area (Å²) in [5.41, 5.74) is -0.645. The van der Waals surface area contributed by atoms with E-state index >= 15 is 0 Å². The summed E-state index contributed by atoms with van der Waals surface area (Å²) in [6.45, 7) is 6.13. The zero-order valence-corrected chi connectivity index (χ0v) is 12.9. The van der Waals surface area contributed by atoms with Gasteiger partial charge in [-0.25, -0.2) is 4.39 Å². The highest BCUT2D eigenvalue weighted by atomic mass is 32.2. The largest absolute Gasteiger partial charge is 0.493 e. The number of rotatable bonds is 3. The van der Waals surface area contributed by atoms with Crippen LogP contribution in [0.3, 0.4) is 0 Å². The molecule has 0 aliphatic rings. The van der Waals surface area contributed by atoms with Crippen LogP contribution in [0.15, 0.2) is 29.1 Å². The second-order valence-corrected chi connectivity index (χ2v) is 7.39. The van der Waals surface area contributed by atoms with Gasteiger partial charge in [0.1, 0.15) is 17.2 Å². The summed E-state index contributed by atoms with van der Waals surface area (Å²) in [7, 11) is 0. The first kappa shape index (κ1) is 15.6. The van der Waals surface area contributed by atoms with Crippen molar-refractivity contribution in [3.63, 3.8) is 0 Å². The van der Waals surface area contributed by atoms with Crippen molar-refractivity contribution >= 4 is 11.8 Å². The third-order valence-electron chi connectivity index (χ3n) is 2.73. The molecule has 0 unspecified atom stereocenters. The smallest absolute Gasteiger partial charge is 0.262 e. The molecular weight excluding hydrogens is 291 g/mol. The minimum atomic E-state index is -0.572. The molecule has 2 aromatic rings. The Kier molecular flexibility index (Phi) is 4.37. The highest BCUT2D eigenvalue weighted by molar-refractivity contribution is 7.99. The van der Waals surface area contributed by atoms with Crippen molar-refractivity contribution in [2.45, 2.75) is 31.3 Å². The molecule has 0 atom stereocenters. The fraction of sp³-hybridized carbons (Fsp3) is 0.333. The second-order valence-electron chi connectivity index (χ2n) is 5.59. The van der Waals surface area contributed by atoms with Crippen LogP contribution in [0.1, 0.15) is 26.6 Å². The number of H-pyrrole nitrogens is 1. The minimum Gasteiger partial charge on any atom is -0.493 e. The number of hydrogen-bond donors (Lipinski definition) is 2. The second kappa shape index (κ2) is 5.89. The summed E-state index contributed by atoms with van der Waals surface area (Å²) in [6.07, 6.45) is 0. The number of benzene rings is 1. The van der Waals surface area contributed by atoms with E-state index in [2.05, 4.69) is 9.97 Å². The fourth-order valence-corrected chi connectivity index (χ4v) is 2.47. The maximum absolute atomic E-state index is 13.7. The first-order chi connectivity index (χ1) is 9.78. The van der Waals surface area contributed by atoms with Crippen molar-refractivity contribution in [2.24, 2.45) is 0 Å². The van der Waals surface area contributed by atoms with E-state index < -0.39 is 17.3 Å². The Hall–Kier alpha value is -1.82. The SMILES string of the molecule is CC(C)(C)SCc1nc(O)c(-c2ccccc2F)c(=O)[nH]1. The van der Waals surface area contributed by atoms with E-state index in [0.717, 1.165) is 0 Å². The molecule has 0 bridgehead atoms. The lowest BCUT2D eigenvalue weighted by molar-refractivity contribution is 0.450. The van der Waals surface area contributed by atoms with E-state index in [1.54, 1.807) is 17.8 Å². The van der Waals surface area contributed by atoms with Gasteiger partial charge in [0.25, 0.3) is 5.56 Å². The molecule has 0 aliphatic heterocycles. The molecule has 0 amide bonds. The lowest BCUT2D eigenvalue weighted by Crippen LogP contribution is -2.16. The van der Waals surface area contributed by atoms with Crippen LogP contribution < -0.4 is 5.56 Å². The standard InChI is InChI=1S/C15H17FN2O2S/c1-15(2,3)21-8-11-17-13(19)12(14(20)18-11)9-6-4-5-7-10(9)16/h4-7H,8H2,1-3H3,(H2,17,18,19,20). The number of nitrogens with one attached hydrogen (secondary N) is 1. The van der Waals surface area contributed by atoms with E-state index in [4.69, 9.17) is 0 Å². The van der Waals surface area contributed by atoms with Gasteiger partial charge in [-0.15, -0.1) is 11.8 Å². The average Bonchev–Trinajstić information content (AvgIpc) is 2.37. The van der Waals surface area contributed by atoms with Crippen molar-refractivity contribution in [3.8, 4) is 17.0 Å². The van der Waals surface area contributed by atoms with E-state index in [1.807, 2.05) is 20.8 Å². The molecule has 112 valence electrons. The molecule has 1 aromatic carbocycles. The van der Waals surface area contributed by atoms with Gasteiger partial charge in [-0.2, -0.15) is 4.98 Å². The van der Waals surface area contributed by atoms with Crippen molar-refractivity contribution in [2.75, 3.05) is 0 Å². The predicted molar refractivity (Wildman–Crippen MR) is 83.0 cm³/mol. The van der Waals surface area contributed by atoms with Crippen LogP contribution in [0.25, 0.3) is 11.1 Å². The minimum absolute atomic E-state index is 0.0123. The van der Waals surface area contributed by atoms with E-state index in [1.165, 1.54) is 18.2 Å². The quantitative estimate of drug-likeness (QED) is 0.913. The summed E-state index contributed by atoms with van der Waals surface area (Å²) >= 11 is 1.59. The number of aromatic nitrogens is 2. The number of halogens is 1. The Morgan fingerprint density at radius 1 is 1.33 bits per heavy atom. The van der Waals surface area contributed by atoms with Crippen molar-refractivity contribution < 1.29 is 9.50 Å². The summed E-state index contributed by atoms with van der Waals surface area (Å²) in [6, 6.07) is 5.79. The third kappa shape index (κ3) is 3.85. The molecular formula is C15H17FN2O2S. The van der Waals surface area contributed by atoms with Crippen LogP contribution in [0, 0.1) is 5.82 Å². The van der Waals surface area contributed by atoms with Crippen LogP contribution in [0.5, 0.6) is 5.88 Å². The molecule has 0 fully saturated rings. The van der Waals surface area contributed by atoms with Crippen molar-refractivity contribution in [1.82, 2.24) is 9.97 Å². The molecule has 0 aliphatic carbocycles. The Labute approximate surface area is 126 Å². The predicted octanol–water partition coefficient (Wildman–Crippen LogP) is 3.31. The lowest BCUT2D eigenvalue weighted by Gasteiger charge is -2.17. The van der Waals surface area contributed by atoms with Crippen LogP contribution in [0.2, 0.25) is 0 Å². The zero-order valence-electron chi connectivity index (χ0n) is 12.1. The van der Waals surface area contributed by atoms with Gasteiger partial charge in [0.2, 0.25) is 5.88 Å². The van der Waals surface area contributed by atoms with Gasteiger partial charge < -0.3 is 10.1 Å². The number of thioether (sulfide) groups is 1. The average molecular weight is 308 g/mol. The molecule has 2 N–H and O–H groups in total. The molecule has 1 heterocycles. The molecule has 0 saturated heterocycles. The Morgan fingerprint density at radius 2 is 2.00 bits per heavy atom. The number of hydrogen-bond acceptors (Lipinski definition) is 4. The Balaban J connectivity index is 2.39. The normalized spacial score (nSPS) is 11.6. The molecule has 0 spiro atoms. The zero-order chi connectivity index (χ0) is 15.6. The first-order valence-corrected chi connectivity index (χ1v) is 7.47. The van der Waals surface area contributed by atoms with Gasteiger partial charge >= 0.3 is 0 Å². The van der Waals surface area contributed by atoms with Crippen LogP contribution >= 0.6 is 11.8 Å². The van der Waals surface area contributed by atoms with E-state index in [-0.39, 0.29) is 15.9 Å². The Morgan fingerprint density at radius 3 is 2.57 bits per heavy atom. The number of nitrogens with zero attached hydrogens (tertiary/aromatic N) is 1. The lowest BCUT2D eigenvalue weighted by atomic mass is 10.1. The number of aromatic hydroxyl groups is 1.